The molecule has 0 aromatic carbocycles. The molecule has 0 heterocycles. The van der Waals surface area contributed by atoms with E-state index in [9.17, 15) is 0 Å². The van der Waals surface area contributed by atoms with Gasteiger partial charge in [0.05, 0.1) is 0 Å². The van der Waals surface area contributed by atoms with E-state index in [1.165, 1.54) is 0 Å². The van der Waals surface area contributed by atoms with Gasteiger partial charge in [0.1, 0.15) is 0 Å². The second-order valence-corrected chi connectivity index (χ2v) is 1.34. The summed E-state index contributed by atoms with van der Waals surface area (Å²) in [4.78, 5) is 0. The third-order valence-corrected chi connectivity index (χ3v) is 0. The zero-order valence-corrected chi connectivity index (χ0v) is 8.96. The van der Waals surface area contributed by atoms with Crippen molar-refractivity contribution in [1.29, 1.82) is 0 Å². The average molecular weight is 261 g/mol. The first-order chi connectivity index (χ1) is 2.00. The van der Waals surface area contributed by atoms with Crippen molar-refractivity contribution in [2.75, 3.05) is 0 Å². The van der Waals surface area contributed by atoms with Crippen molar-refractivity contribution in [3.05, 3.63) is 0 Å². The second kappa shape index (κ2) is 12.1. The van der Waals surface area contributed by atoms with Gasteiger partial charge in [-0.05, 0) is 0 Å². The Morgan fingerprint density at radius 1 is 1.00 bits per heavy atom. The van der Waals surface area contributed by atoms with Gasteiger partial charge in [0.15, 0.2) is 0 Å². The minimum atomic E-state index is -4.67. The summed E-state index contributed by atoms with van der Waals surface area (Å²) in [7, 11) is -4.67. The van der Waals surface area contributed by atoms with Crippen LogP contribution in [-0.4, -0.2) is 17.5 Å². The molecule has 0 radical (unpaired) electrons. The van der Waals surface area contributed by atoms with E-state index in [-0.39, 0.29) is 51.8 Å². The summed E-state index contributed by atoms with van der Waals surface area (Å²) in [5.41, 5.74) is 0. The normalized spacial score (nSPS) is 6.44. The monoisotopic (exact) mass is 260 g/mol. The third-order valence-electron chi connectivity index (χ3n) is 0. The number of rotatable bonds is 0. The molecule has 9 heavy (non-hydrogen) atoms. The van der Waals surface area contributed by atoms with Gasteiger partial charge in [-0.1, -0.05) is 0 Å². The van der Waals surface area contributed by atoms with Crippen LogP contribution in [0.3, 0.4) is 0 Å². The second-order valence-electron chi connectivity index (χ2n) is 0.448. The Bertz CT molecular complexity index is 102. The van der Waals surface area contributed by atoms with Crippen LogP contribution in [0.15, 0.2) is 0 Å². The Morgan fingerprint density at radius 3 is 1.00 bits per heavy atom. The van der Waals surface area contributed by atoms with Crippen LogP contribution >= 0.6 is 34.7 Å². The van der Waals surface area contributed by atoms with Gasteiger partial charge < -0.3 is 0 Å². The molecule has 0 saturated heterocycles. The van der Waals surface area contributed by atoms with Gasteiger partial charge in [-0.2, -0.15) is 18.3 Å². The van der Waals surface area contributed by atoms with Crippen molar-refractivity contribution in [2.24, 2.45) is 0 Å². The minimum absolute atomic E-state index is 0. The number of hydrogen-bond donors (Lipinski definition) is 2. The smallest absolute Gasteiger partial charge is 0.264 e. The summed E-state index contributed by atoms with van der Waals surface area (Å²) < 4.78 is 31.6. The molecule has 4 nitrogen and oxygen atoms in total. The maximum Gasteiger partial charge on any atom is 0.394 e. The fourth-order valence-electron chi connectivity index (χ4n) is 0. The van der Waals surface area contributed by atoms with Crippen LogP contribution in [0.25, 0.3) is 0 Å². The van der Waals surface area contributed by atoms with Crippen molar-refractivity contribution in [3.63, 3.8) is 0 Å². The SMILES string of the molecule is Cl.Cl.O=S(=O)(O)O.P.[Fe]. The van der Waals surface area contributed by atoms with Gasteiger partial charge in [-0.15, -0.1) is 24.8 Å². The van der Waals surface area contributed by atoms with Crippen LogP contribution in [0.1, 0.15) is 0 Å². The fraction of sp³-hybridized carbons (Fsp3) is 0. The van der Waals surface area contributed by atoms with Gasteiger partial charge in [-0.25, -0.2) is 0 Å². The predicted molar refractivity (Wildman–Crippen MR) is 39.8 cm³/mol. The summed E-state index contributed by atoms with van der Waals surface area (Å²) in [6, 6.07) is 0. The van der Waals surface area contributed by atoms with Gasteiger partial charge in [0.25, 0.3) is 0 Å². The molecule has 0 spiro atoms. The Hall–Kier alpha value is 1.40. The standard InChI is InChI=1S/2ClH.Fe.H2O4S.H3P/c;;;1-5(2,3)4;/h2*1H;;(H2,1,2,3,4);1H3. The quantitative estimate of drug-likeness (QED) is 0.372. The van der Waals surface area contributed by atoms with Crippen LogP contribution in [-0.2, 0) is 27.5 Å². The first kappa shape index (κ1) is 31.5. The van der Waals surface area contributed by atoms with Crippen molar-refractivity contribution >= 4 is 45.1 Å². The average Bonchev–Trinajstić information content (AvgIpc) is 0.722. The maximum absolute atomic E-state index is 8.74. The molecule has 0 bridgehead atoms. The van der Waals surface area contributed by atoms with Crippen molar-refractivity contribution in [3.8, 4) is 0 Å². The van der Waals surface area contributed by atoms with E-state index in [0.717, 1.165) is 0 Å². The Balaban J connectivity index is -0.0000000133. The first-order valence-corrected chi connectivity index (χ1v) is 2.10. The van der Waals surface area contributed by atoms with Gasteiger partial charge >= 0.3 is 10.4 Å². The summed E-state index contributed by atoms with van der Waals surface area (Å²) in [6.45, 7) is 0. The molecule has 0 fully saturated rings. The summed E-state index contributed by atoms with van der Waals surface area (Å²) in [5, 5.41) is 0. The molecule has 0 aliphatic rings. The summed E-state index contributed by atoms with van der Waals surface area (Å²) >= 11 is 0. The van der Waals surface area contributed by atoms with Crippen LogP contribution in [0.5, 0.6) is 0 Å². The van der Waals surface area contributed by atoms with Crippen LogP contribution in [0, 0.1) is 0 Å². The van der Waals surface area contributed by atoms with E-state index in [1.807, 2.05) is 0 Å². The molecule has 0 rings (SSSR count). The minimum Gasteiger partial charge on any atom is -0.264 e. The van der Waals surface area contributed by atoms with E-state index in [4.69, 9.17) is 17.5 Å². The molecule has 0 aliphatic carbocycles. The first-order valence-electron chi connectivity index (χ1n) is 0.698. The zero-order valence-electron chi connectivity index (χ0n) is 4.00. The predicted octanol–water partition coefficient (Wildman–Crippen LogP) is 0.246. The molecule has 0 amide bonds. The zero-order chi connectivity index (χ0) is 4.50. The molecule has 0 saturated carbocycles. The molecule has 1 unspecified atom stereocenters. The molecule has 1 atom stereocenters. The van der Waals surface area contributed by atoms with Gasteiger partial charge in [0.2, 0.25) is 0 Å². The van der Waals surface area contributed by atoms with E-state index < -0.39 is 10.4 Å². The summed E-state index contributed by atoms with van der Waals surface area (Å²) in [5.74, 6) is 0. The van der Waals surface area contributed by atoms with Crippen LogP contribution < -0.4 is 0 Å². The van der Waals surface area contributed by atoms with E-state index in [1.54, 1.807) is 0 Å². The molecule has 64 valence electrons. The third kappa shape index (κ3) is 263. The van der Waals surface area contributed by atoms with Crippen LogP contribution in [0.4, 0.5) is 0 Å². The fourth-order valence-corrected chi connectivity index (χ4v) is 0. The van der Waals surface area contributed by atoms with Gasteiger partial charge in [0, 0.05) is 17.1 Å². The molecular weight excluding hydrogens is 254 g/mol. The van der Waals surface area contributed by atoms with E-state index >= 15 is 0 Å². The molecule has 0 aliphatic heterocycles. The largest absolute Gasteiger partial charge is 0.394 e. The molecule has 9 heteroatoms. The number of halogens is 2. The Kier molecular flexibility index (Phi) is 42.4. The Morgan fingerprint density at radius 2 is 1.00 bits per heavy atom. The topological polar surface area (TPSA) is 74.6 Å². The molecule has 0 aromatic heterocycles. The van der Waals surface area contributed by atoms with Crippen molar-refractivity contribution in [1.82, 2.24) is 0 Å². The van der Waals surface area contributed by atoms with Gasteiger partial charge in [-0.3, -0.25) is 9.11 Å². The molecule has 0 aromatic rings. The molecular formula is H7Cl2FeO4PS. The molecule has 2 N–H and O–H groups in total. The van der Waals surface area contributed by atoms with Crippen molar-refractivity contribution in [2.45, 2.75) is 0 Å². The van der Waals surface area contributed by atoms with E-state index in [0.29, 0.717) is 0 Å². The van der Waals surface area contributed by atoms with E-state index in [2.05, 4.69) is 0 Å². The Labute approximate surface area is 79.7 Å². The maximum atomic E-state index is 8.74. The summed E-state index contributed by atoms with van der Waals surface area (Å²) in [6.07, 6.45) is 0. The van der Waals surface area contributed by atoms with Crippen LogP contribution in [0.2, 0.25) is 0 Å². The number of hydrogen-bond acceptors (Lipinski definition) is 2. The van der Waals surface area contributed by atoms with Crippen molar-refractivity contribution < 1.29 is 34.6 Å².